The lowest BCUT2D eigenvalue weighted by atomic mass is 10.4. The lowest BCUT2D eigenvalue weighted by molar-refractivity contribution is -1.00. The summed E-state index contributed by atoms with van der Waals surface area (Å²) in [6, 6.07) is 0. The second-order valence-corrected chi connectivity index (χ2v) is 4.91. The van der Waals surface area contributed by atoms with Crippen LogP contribution in [0.1, 0.15) is 20.8 Å². The maximum Gasteiger partial charge on any atom is 0.284 e. The summed E-state index contributed by atoms with van der Waals surface area (Å²) in [5, 5.41) is 1.79. The molecule has 0 unspecified atom stereocenters. The van der Waals surface area contributed by atoms with Gasteiger partial charge >= 0.3 is 0 Å². The molecule has 1 amide bonds. The van der Waals surface area contributed by atoms with E-state index in [1.54, 1.807) is 5.01 Å². The molecular weight excluding hydrogens is 216 g/mol. The zero-order chi connectivity index (χ0) is 10.8. The summed E-state index contributed by atoms with van der Waals surface area (Å²) in [6.07, 6.45) is 0. The molecule has 0 aromatic rings. The first kappa shape index (κ1) is 11.9. The molecule has 0 radical (unpaired) electrons. The Bertz CT molecular complexity index is 227. The maximum atomic E-state index is 11.7. The van der Waals surface area contributed by atoms with Crippen LogP contribution < -0.4 is 0 Å². The van der Waals surface area contributed by atoms with Crippen LogP contribution in [0.3, 0.4) is 0 Å². The SMILES string of the molecule is CC[N+](CC)(CC)N1C(=O)CSC1=S. The monoisotopic (exact) mass is 233 g/mol. The van der Waals surface area contributed by atoms with Crippen LogP contribution in [0.25, 0.3) is 0 Å². The minimum Gasteiger partial charge on any atom is -0.268 e. The average molecular weight is 233 g/mol. The van der Waals surface area contributed by atoms with Crippen LogP contribution in [-0.4, -0.2) is 45.2 Å². The zero-order valence-corrected chi connectivity index (χ0v) is 10.6. The summed E-state index contributed by atoms with van der Waals surface area (Å²) in [7, 11) is 0. The van der Waals surface area contributed by atoms with Gasteiger partial charge in [0, 0.05) is 0 Å². The Labute approximate surface area is 95.0 Å². The van der Waals surface area contributed by atoms with Crippen LogP contribution in [0.15, 0.2) is 0 Å². The van der Waals surface area contributed by atoms with Crippen molar-refractivity contribution >= 4 is 34.2 Å². The highest BCUT2D eigenvalue weighted by molar-refractivity contribution is 8.23. The molecule has 1 fully saturated rings. The van der Waals surface area contributed by atoms with E-state index >= 15 is 0 Å². The summed E-state index contributed by atoms with van der Waals surface area (Å²) < 4.78 is 1.41. The van der Waals surface area contributed by atoms with E-state index in [-0.39, 0.29) is 5.91 Å². The number of nitrogens with zero attached hydrogens (tertiary/aromatic N) is 2. The van der Waals surface area contributed by atoms with Gasteiger partial charge in [-0.1, -0.05) is 11.8 Å². The molecule has 0 bridgehead atoms. The van der Waals surface area contributed by atoms with Gasteiger partial charge in [-0.15, -0.1) is 5.01 Å². The largest absolute Gasteiger partial charge is 0.284 e. The number of amides is 1. The van der Waals surface area contributed by atoms with Gasteiger partial charge in [0.15, 0.2) is 4.32 Å². The standard InChI is InChI=1S/C9H17N2OS2/c1-4-11(5-2,6-3)10-8(12)7-14-9(10)13/h4-7H2,1-3H3/q+1. The summed E-state index contributed by atoms with van der Waals surface area (Å²) >= 11 is 6.70. The van der Waals surface area contributed by atoms with Crippen LogP contribution >= 0.6 is 24.0 Å². The molecule has 1 rings (SSSR count). The molecule has 0 N–H and O–H groups in total. The molecule has 0 saturated carbocycles. The Morgan fingerprint density at radius 1 is 1.36 bits per heavy atom. The maximum absolute atomic E-state index is 11.7. The first-order chi connectivity index (χ1) is 6.61. The molecule has 1 heterocycles. The number of thioether (sulfide) groups is 1. The first-order valence-electron chi connectivity index (χ1n) is 4.97. The lowest BCUT2D eigenvalue weighted by Crippen LogP contribution is -2.61. The van der Waals surface area contributed by atoms with Crippen molar-refractivity contribution < 1.29 is 9.39 Å². The van der Waals surface area contributed by atoms with E-state index < -0.39 is 0 Å². The topological polar surface area (TPSA) is 20.3 Å². The number of rotatable bonds is 4. The van der Waals surface area contributed by atoms with Crippen molar-refractivity contribution in [2.75, 3.05) is 25.4 Å². The van der Waals surface area contributed by atoms with Gasteiger partial charge in [0.2, 0.25) is 0 Å². The molecule has 0 aromatic carbocycles. The Balaban J connectivity index is 2.97. The number of thiocarbonyl (C=S) groups is 1. The number of carbonyl (C=O) groups is 1. The molecule has 0 atom stereocenters. The van der Waals surface area contributed by atoms with E-state index in [1.807, 2.05) is 0 Å². The fourth-order valence-electron chi connectivity index (χ4n) is 1.85. The van der Waals surface area contributed by atoms with Crippen LogP contribution in [0, 0.1) is 0 Å². The molecule has 0 aliphatic carbocycles. The Morgan fingerprint density at radius 3 is 2.14 bits per heavy atom. The summed E-state index contributed by atoms with van der Waals surface area (Å²) in [5.41, 5.74) is 0. The molecule has 1 aliphatic heterocycles. The number of quaternary nitrogens is 1. The molecule has 1 saturated heterocycles. The van der Waals surface area contributed by atoms with Gasteiger partial charge in [-0.05, 0) is 33.0 Å². The van der Waals surface area contributed by atoms with Crippen molar-refractivity contribution in [1.82, 2.24) is 5.01 Å². The van der Waals surface area contributed by atoms with Gasteiger partial charge in [-0.3, -0.25) is 4.79 Å². The predicted molar refractivity (Wildman–Crippen MR) is 63.8 cm³/mol. The normalized spacial score (nSPS) is 18.1. The molecule has 0 aromatic heterocycles. The van der Waals surface area contributed by atoms with E-state index in [9.17, 15) is 4.79 Å². The lowest BCUT2D eigenvalue weighted by Gasteiger charge is -2.40. The van der Waals surface area contributed by atoms with E-state index in [1.165, 1.54) is 11.8 Å². The van der Waals surface area contributed by atoms with Crippen LogP contribution in [-0.2, 0) is 4.79 Å². The van der Waals surface area contributed by atoms with Gasteiger partial charge in [0.25, 0.3) is 5.91 Å². The fraction of sp³-hybridized carbons (Fsp3) is 0.778. The van der Waals surface area contributed by atoms with Gasteiger partial charge in [-0.2, -0.15) is 0 Å². The minimum absolute atomic E-state index is 0.158. The summed E-state index contributed by atoms with van der Waals surface area (Å²) in [4.78, 5) is 11.7. The highest BCUT2D eigenvalue weighted by Crippen LogP contribution is 2.26. The van der Waals surface area contributed by atoms with Crippen molar-refractivity contribution in [2.45, 2.75) is 20.8 Å². The van der Waals surface area contributed by atoms with E-state index in [4.69, 9.17) is 12.2 Å². The molecule has 80 valence electrons. The summed E-state index contributed by atoms with van der Waals surface area (Å²) in [5.74, 6) is 0.671. The average Bonchev–Trinajstić information content (AvgIpc) is 2.53. The van der Waals surface area contributed by atoms with E-state index in [2.05, 4.69) is 20.8 Å². The van der Waals surface area contributed by atoms with Crippen LogP contribution in [0.5, 0.6) is 0 Å². The number of hydrogen-bond acceptors (Lipinski definition) is 3. The fourth-order valence-corrected chi connectivity index (χ4v) is 3.07. The molecular formula is C9H17N2OS2+. The molecule has 5 heteroatoms. The predicted octanol–water partition coefficient (Wildman–Crippen LogP) is 1.64. The minimum atomic E-state index is 0.158. The van der Waals surface area contributed by atoms with Crippen molar-refractivity contribution in [1.29, 1.82) is 0 Å². The third kappa shape index (κ3) is 1.81. The van der Waals surface area contributed by atoms with Gasteiger partial charge in [-0.25, -0.2) is 4.59 Å². The Morgan fingerprint density at radius 2 is 1.86 bits per heavy atom. The third-order valence-corrected chi connectivity index (χ3v) is 4.26. The smallest absolute Gasteiger partial charge is 0.268 e. The van der Waals surface area contributed by atoms with E-state index in [0.717, 1.165) is 24.0 Å². The number of carbonyl (C=O) groups excluding carboxylic acids is 1. The molecule has 3 nitrogen and oxygen atoms in total. The molecule has 14 heavy (non-hydrogen) atoms. The zero-order valence-electron chi connectivity index (χ0n) is 8.95. The van der Waals surface area contributed by atoms with E-state index in [0.29, 0.717) is 10.3 Å². The van der Waals surface area contributed by atoms with Crippen molar-refractivity contribution in [3.63, 3.8) is 0 Å². The molecule has 0 spiro atoms. The number of hydrogen-bond donors (Lipinski definition) is 0. The summed E-state index contributed by atoms with van der Waals surface area (Å²) in [6.45, 7) is 9.06. The van der Waals surface area contributed by atoms with Crippen molar-refractivity contribution in [3.8, 4) is 0 Å². The van der Waals surface area contributed by atoms with Crippen LogP contribution in [0.2, 0.25) is 0 Å². The highest BCUT2D eigenvalue weighted by Gasteiger charge is 2.42. The highest BCUT2D eigenvalue weighted by atomic mass is 32.2. The third-order valence-electron chi connectivity index (χ3n) is 2.92. The first-order valence-corrected chi connectivity index (χ1v) is 6.37. The van der Waals surface area contributed by atoms with Gasteiger partial charge in [0.1, 0.15) is 0 Å². The van der Waals surface area contributed by atoms with Gasteiger partial charge in [0.05, 0.1) is 25.4 Å². The van der Waals surface area contributed by atoms with Gasteiger partial charge < -0.3 is 0 Å². The Hall–Kier alpha value is -0.130. The van der Waals surface area contributed by atoms with Crippen molar-refractivity contribution in [3.05, 3.63) is 0 Å². The molecule has 1 aliphatic rings. The quantitative estimate of drug-likeness (QED) is 0.544. The second kappa shape index (κ2) is 4.59. The second-order valence-electron chi connectivity index (χ2n) is 3.30. The Kier molecular flexibility index (Phi) is 3.92. The van der Waals surface area contributed by atoms with Crippen LogP contribution in [0.4, 0.5) is 0 Å². The van der Waals surface area contributed by atoms with Crippen molar-refractivity contribution in [2.24, 2.45) is 0 Å².